The summed E-state index contributed by atoms with van der Waals surface area (Å²) in [5.41, 5.74) is 1.17. The number of carbonyl (C=O) groups excluding carboxylic acids is 2. The number of hydrogen-bond acceptors (Lipinski definition) is 3. The lowest BCUT2D eigenvalue weighted by Crippen LogP contribution is -2.39. The molecule has 2 N–H and O–H groups in total. The van der Waals surface area contributed by atoms with Crippen LogP contribution in [-0.4, -0.2) is 29.5 Å². The molecule has 20 heavy (non-hydrogen) atoms. The van der Waals surface area contributed by atoms with Gasteiger partial charge in [-0.3, -0.25) is 4.79 Å². The Kier molecular flexibility index (Phi) is 4.29. The van der Waals surface area contributed by atoms with Crippen molar-refractivity contribution >= 4 is 34.4 Å². The van der Waals surface area contributed by atoms with Crippen LogP contribution in [0.4, 0.5) is 0 Å². The second-order valence-corrected chi connectivity index (χ2v) is 4.72. The molecule has 2 aromatic rings. The van der Waals surface area contributed by atoms with Gasteiger partial charge in [0.05, 0.1) is 17.2 Å². The predicted molar refractivity (Wildman–Crippen MR) is 76.9 cm³/mol. The second kappa shape index (κ2) is 5.96. The zero-order valence-electron chi connectivity index (χ0n) is 11.2. The standard InChI is InChI=1S/C14H15ClN2O3/c1-3-20-14(19)8(2)17-13(18)9-7-16-11-6-4-5-10(15)12(9)11/h4-8,16H,3H2,1-2H3,(H,17,18). The lowest BCUT2D eigenvalue weighted by Gasteiger charge is -2.12. The third kappa shape index (κ3) is 2.77. The summed E-state index contributed by atoms with van der Waals surface area (Å²) < 4.78 is 4.85. The maximum Gasteiger partial charge on any atom is 0.328 e. The van der Waals surface area contributed by atoms with E-state index in [4.69, 9.17) is 16.3 Å². The van der Waals surface area contributed by atoms with Crippen LogP contribution >= 0.6 is 11.6 Å². The normalized spacial score (nSPS) is 12.2. The van der Waals surface area contributed by atoms with E-state index in [-0.39, 0.29) is 12.5 Å². The molecule has 2 rings (SSSR count). The molecule has 0 saturated heterocycles. The number of nitrogens with one attached hydrogen (secondary N) is 2. The van der Waals surface area contributed by atoms with Crippen molar-refractivity contribution in [2.45, 2.75) is 19.9 Å². The first kappa shape index (κ1) is 14.4. The van der Waals surface area contributed by atoms with Crippen LogP contribution in [0.1, 0.15) is 24.2 Å². The first-order valence-electron chi connectivity index (χ1n) is 6.27. The molecule has 0 spiro atoms. The van der Waals surface area contributed by atoms with Crippen molar-refractivity contribution in [1.29, 1.82) is 0 Å². The summed E-state index contributed by atoms with van der Waals surface area (Å²) in [6.45, 7) is 3.57. The fourth-order valence-corrected chi connectivity index (χ4v) is 2.20. The number of aromatic amines is 1. The molecule has 0 radical (unpaired) electrons. The maximum absolute atomic E-state index is 12.2. The number of amides is 1. The quantitative estimate of drug-likeness (QED) is 0.851. The van der Waals surface area contributed by atoms with Gasteiger partial charge in [0.25, 0.3) is 5.91 Å². The minimum absolute atomic E-state index is 0.276. The average molecular weight is 295 g/mol. The van der Waals surface area contributed by atoms with Crippen LogP contribution in [0.15, 0.2) is 24.4 Å². The highest BCUT2D eigenvalue weighted by Gasteiger charge is 2.20. The molecule has 106 valence electrons. The Bertz CT molecular complexity index is 651. The molecular weight excluding hydrogens is 280 g/mol. The van der Waals surface area contributed by atoms with Gasteiger partial charge in [0.15, 0.2) is 0 Å². The van der Waals surface area contributed by atoms with E-state index in [1.54, 1.807) is 32.2 Å². The fourth-order valence-electron chi connectivity index (χ4n) is 1.92. The zero-order valence-corrected chi connectivity index (χ0v) is 12.0. The zero-order chi connectivity index (χ0) is 14.7. The number of ether oxygens (including phenoxy) is 1. The van der Waals surface area contributed by atoms with Gasteiger partial charge in [-0.1, -0.05) is 17.7 Å². The molecule has 1 amide bonds. The van der Waals surface area contributed by atoms with Crippen LogP contribution in [0.3, 0.4) is 0 Å². The molecule has 6 heteroatoms. The molecule has 0 aliphatic heterocycles. The number of carbonyl (C=O) groups is 2. The van der Waals surface area contributed by atoms with Crippen LogP contribution < -0.4 is 5.32 Å². The molecule has 0 fully saturated rings. The van der Waals surface area contributed by atoms with Crippen molar-refractivity contribution in [1.82, 2.24) is 10.3 Å². The first-order valence-corrected chi connectivity index (χ1v) is 6.65. The van der Waals surface area contributed by atoms with E-state index < -0.39 is 12.0 Å². The Labute approximate surface area is 121 Å². The van der Waals surface area contributed by atoms with Gasteiger partial charge in [-0.25, -0.2) is 4.79 Å². The summed E-state index contributed by atoms with van der Waals surface area (Å²) in [5.74, 6) is -0.836. The van der Waals surface area contributed by atoms with E-state index in [1.807, 2.05) is 6.07 Å². The van der Waals surface area contributed by atoms with Crippen LogP contribution in [-0.2, 0) is 9.53 Å². The molecule has 0 aliphatic carbocycles. The van der Waals surface area contributed by atoms with Gasteiger partial charge in [-0.05, 0) is 26.0 Å². The number of aromatic nitrogens is 1. The monoisotopic (exact) mass is 294 g/mol. The Hall–Kier alpha value is -2.01. The van der Waals surface area contributed by atoms with E-state index in [9.17, 15) is 9.59 Å². The largest absolute Gasteiger partial charge is 0.464 e. The number of rotatable bonds is 4. The molecule has 0 aliphatic rings. The summed E-state index contributed by atoms with van der Waals surface area (Å²) in [6.07, 6.45) is 1.57. The van der Waals surface area contributed by atoms with E-state index in [2.05, 4.69) is 10.3 Å². The van der Waals surface area contributed by atoms with Gasteiger partial charge in [-0.15, -0.1) is 0 Å². The Morgan fingerprint density at radius 1 is 1.45 bits per heavy atom. The summed E-state index contributed by atoms with van der Waals surface area (Å²) in [5, 5.41) is 3.72. The van der Waals surface area contributed by atoms with Gasteiger partial charge in [0, 0.05) is 17.1 Å². The van der Waals surface area contributed by atoms with Gasteiger partial charge in [-0.2, -0.15) is 0 Å². The molecule has 0 bridgehead atoms. The maximum atomic E-state index is 12.2. The Balaban J connectivity index is 2.22. The molecule has 1 atom stereocenters. The number of fused-ring (bicyclic) bond motifs is 1. The van der Waals surface area contributed by atoms with Gasteiger partial charge < -0.3 is 15.0 Å². The lowest BCUT2D eigenvalue weighted by atomic mass is 10.1. The fraction of sp³-hybridized carbons (Fsp3) is 0.286. The summed E-state index contributed by atoms with van der Waals surface area (Å²) in [6, 6.07) is 4.62. The minimum Gasteiger partial charge on any atom is -0.464 e. The first-order chi connectivity index (χ1) is 9.54. The van der Waals surface area contributed by atoms with Crippen LogP contribution in [0.2, 0.25) is 5.02 Å². The van der Waals surface area contributed by atoms with Crippen LogP contribution in [0, 0.1) is 0 Å². The third-order valence-corrected chi connectivity index (χ3v) is 3.20. The highest BCUT2D eigenvalue weighted by atomic mass is 35.5. The number of H-pyrrole nitrogens is 1. The summed E-state index contributed by atoms with van der Waals surface area (Å²) in [7, 11) is 0. The average Bonchev–Trinajstić information content (AvgIpc) is 2.84. The molecule has 1 aromatic carbocycles. The van der Waals surface area contributed by atoms with E-state index in [0.717, 1.165) is 5.52 Å². The Morgan fingerprint density at radius 2 is 2.20 bits per heavy atom. The van der Waals surface area contributed by atoms with Gasteiger partial charge >= 0.3 is 5.97 Å². The van der Waals surface area contributed by atoms with E-state index in [0.29, 0.717) is 16.0 Å². The van der Waals surface area contributed by atoms with E-state index >= 15 is 0 Å². The van der Waals surface area contributed by atoms with Crippen molar-refractivity contribution in [2.75, 3.05) is 6.61 Å². The molecule has 1 aromatic heterocycles. The molecule has 1 heterocycles. The summed E-state index contributed by atoms with van der Waals surface area (Å²) >= 11 is 6.10. The van der Waals surface area contributed by atoms with Crippen LogP contribution in [0.5, 0.6) is 0 Å². The van der Waals surface area contributed by atoms with Gasteiger partial charge in [0.2, 0.25) is 0 Å². The van der Waals surface area contributed by atoms with Crippen molar-refractivity contribution < 1.29 is 14.3 Å². The highest BCUT2D eigenvalue weighted by molar-refractivity contribution is 6.36. The molecule has 5 nitrogen and oxygen atoms in total. The SMILES string of the molecule is CCOC(=O)C(C)NC(=O)c1c[nH]c2cccc(Cl)c12. The molecule has 0 saturated carbocycles. The van der Waals surface area contributed by atoms with Gasteiger partial charge in [0.1, 0.15) is 6.04 Å². The van der Waals surface area contributed by atoms with E-state index in [1.165, 1.54) is 0 Å². The minimum atomic E-state index is -0.713. The van der Waals surface area contributed by atoms with Crippen molar-refractivity contribution in [3.8, 4) is 0 Å². The number of halogens is 1. The van der Waals surface area contributed by atoms with Crippen molar-refractivity contribution in [2.24, 2.45) is 0 Å². The molecular formula is C14H15ClN2O3. The number of esters is 1. The summed E-state index contributed by atoms with van der Waals surface area (Å²) in [4.78, 5) is 26.7. The van der Waals surface area contributed by atoms with Crippen molar-refractivity contribution in [3.05, 3.63) is 35.0 Å². The lowest BCUT2D eigenvalue weighted by molar-refractivity contribution is -0.144. The molecule has 1 unspecified atom stereocenters. The smallest absolute Gasteiger partial charge is 0.328 e. The number of benzene rings is 1. The topological polar surface area (TPSA) is 71.2 Å². The third-order valence-electron chi connectivity index (χ3n) is 2.89. The van der Waals surface area contributed by atoms with Crippen LogP contribution in [0.25, 0.3) is 10.9 Å². The predicted octanol–water partition coefficient (Wildman–Crippen LogP) is 2.50. The highest BCUT2D eigenvalue weighted by Crippen LogP contribution is 2.26. The number of hydrogen-bond donors (Lipinski definition) is 2. The Morgan fingerprint density at radius 3 is 2.90 bits per heavy atom. The van der Waals surface area contributed by atoms with Crippen molar-refractivity contribution in [3.63, 3.8) is 0 Å². The second-order valence-electron chi connectivity index (χ2n) is 4.31.